The Morgan fingerprint density at radius 2 is 0.984 bits per heavy atom. The zero-order valence-electron chi connectivity index (χ0n) is 36.2. The summed E-state index contributed by atoms with van der Waals surface area (Å²) < 4.78 is 7.01. The molecule has 2 aliphatic rings. The fourth-order valence-corrected chi connectivity index (χ4v) is 8.56. The number of carbonyl (C=O) groups excluding carboxylic acids is 4. The highest BCUT2D eigenvalue weighted by molar-refractivity contribution is 7.31. The number of methoxy groups -OCH3 is 1. The van der Waals surface area contributed by atoms with Crippen molar-refractivity contribution in [2.24, 2.45) is 0 Å². The fourth-order valence-electron chi connectivity index (χ4n) is 6.15. The van der Waals surface area contributed by atoms with Crippen LogP contribution in [0.15, 0.2) is 85.7 Å². The third-order valence-electron chi connectivity index (χ3n) is 9.14. The Hall–Kier alpha value is -5.80. The maximum atomic E-state index is 11.3. The second-order valence-electron chi connectivity index (χ2n) is 14.4. The zero-order chi connectivity index (χ0) is 44.0. The van der Waals surface area contributed by atoms with Gasteiger partial charge in [-0.05, 0) is 60.1 Å². The smallest absolute Gasteiger partial charge is 0.407 e. The number of hydrogen-bond donors (Lipinski definition) is 4. The highest BCUT2D eigenvalue weighted by Gasteiger charge is 2.19. The maximum absolute atomic E-state index is 11.3. The Bertz CT molecular complexity index is 2050. The van der Waals surface area contributed by atoms with Gasteiger partial charge in [0.1, 0.15) is 6.54 Å². The van der Waals surface area contributed by atoms with Gasteiger partial charge < -0.3 is 35.1 Å². The van der Waals surface area contributed by atoms with Crippen molar-refractivity contribution < 1.29 is 23.9 Å². The van der Waals surface area contributed by atoms with Crippen molar-refractivity contribution in [2.75, 3.05) is 46.4 Å². The Labute approximate surface area is 367 Å². The molecule has 15 heteroatoms. The second kappa shape index (κ2) is 25.7. The number of fused-ring (bicyclic) bond motifs is 1. The average molecular weight is 869 g/mol. The number of aromatic nitrogens is 4. The van der Waals surface area contributed by atoms with E-state index in [9.17, 15) is 19.2 Å². The SMILES string of the molecule is CC(=O)NCC(=O)N1CCCC1.CCC.CCC.COC(=O)NCC(=O)N1CCCC1.c1ncc(-c2ccc(-c3cc4sc(-c5ccc(-c6cnc[nH]6)cc5)cc4s3)cc2)[nH]1. The van der Waals surface area contributed by atoms with E-state index in [1.54, 1.807) is 22.5 Å². The van der Waals surface area contributed by atoms with Crippen LogP contribution in [0, 0.1) is 0 Å². The van der Waals surface area contributed by atoms with E-state index >= 15 is 0 Å². The summed E-state index contributed by atoms with van der Waals surface area (Å²) in [5, 5.41) is 4.85. The summed E-state index contributed by atoms with van der Waals surface area (Å²) in [6.45, 7) is 13.4. The van der Waals surface area contributed by atoms with Crippen molar-refractivity contribution in [3.63, 3.8) is 0 Å². The van der Waals surface area contributed by atoms with E-state index in [4.69, 9.17) is 0 Å². The molecule has 61 heavy (non-hydrogen) atoms. The number of hydrogen-bond acceptors (Lipinski definition) is 9. The van der Waals surface area contributed by atoms with Gasteiger partial charge in [-0.3, -0.25) is 14.4 Å². The van der Waals surface area contributed by atoms with Crippen LogP contribution in [0.3, 0.4) is 0 Å². The molecule has 8 rings (SSSR count). The number of H-pyrrole nitrogens is 2. The summed E-state index contributed by atoms with van der Waals surface area (Å²) in [5.74, 6) is -0.159. The second-order valence-corrected chi connectivity index (χ2v) is 16.5. The molecule has 0 bridgehead atoms. The largest absolute Gasteiger partial charge is 0.453 e. The van der Waals surface area contributed by atoms with Gasteiger partial charge in [0.25, 0.3) is 0 Å². The molecule has 0 atom stereocenters. The Morgan fingerprint density at radius 3 is 1.31 bits per heavy atom. The predicted molar refractivity (Wildman–Crippen MR) is 248 cm³/mol. The van der Waals surface area contributed by atoms with Crippen molar-refractivity contribution in [3.05, 3.63) is 85.7 Å². The van der Waals surface area contributed by atoms with E-state index in [0.717, 1.165) is 74.4 Å². The number of nitrogens with zero attached hydrogens (tertiary/aromatic N) is 4. The average Bonchev–Trinajstić information content (AvgIpc) is 4.13. The minimum absolute atomic E-state index is 0.0303. The molecule has 0 aliphatic carbocycles. The number of benzene rings is 2. The van der Waals surface area contributed by atoms with E-state index in [1.807, 2.05) is 35.1 Å². The highest BCUT2D eigenvalue weighted by atomic mass is 32.1. The van der Waals surface area contributed by atoms with Crippen molar-refractivity contribution in [3.8, 4) is 43.4 Å². The lowest BCUT2D eigenvalue weighted by Crippen LogP contribution is -2.38. The molecule has 4 aromatic heterocycles. The van der Waals surface area contributed by atoms with Gasteiger partial charge in [-0.25, -0.2) is 14.8 Å². The van der Waals surface area contributed by atoms with Gasteiger partial charge in [-0.15, -0.1) is 22.7 Å². The van der Waals surface area contributed by atoms with Crippen LogP contribution >= 0.6 is 22.7 Å². The van der Waals surface area contributed by atoms with Gasteiger partial charge in [-0.1, -0.05) is 89.1 Å². The fraction of sp³-hybridized carbons (Fsp3) is 0.391. The van der Waals surface area contributed by atoms with Crippen LogP contribution in [0.2, 0.25) is 0 Å². The first-order chi connectivity index (χ1) is 29.6. The van der Waals surface area contributed by atoms with Crippen LogP contribution in [0.1, 0.15) is 73.1 Å². The van der Waals surface area contributed by atoms with Crippen LogP contribution in [-0.2, 0) is 19.1 Å². The number of rotatable bonds is 8. The summed E-state index contributed by atoms with van der Waals surface area (Å²) >= 11 is 3.69. The van der Waals surface area contributed by atoms with Gasteiger partial charge in [0.15, 0.2) is 0 Å². The topological polar surface area (TPSA) is 165 Å². The third-order valence-corrected chi connectivity index (χ3v) is 11.5. The lowest BCUT2D eigenvalue weighted by atomic mass is 10.1. The number of amides is 4. The molecular weight excluding hydrogens is 809 g/mol. The minimum Gasteiger partial charge on any atom is -0.453 e. The molecular formula is C46H60N8O5S2. The van der Waals surface area contributed by atoms with Crippen molar-refractivity contribution in [1.82, 2.24) is 40.4 Å². The quantitative estimate of drug-likeness (QED) is 0.118. The van der Waals surface area contributed by atoms with Gasteiger partial charge in [-0.2, -0.15) is 0 Å². The lowest BCUT2D eigenvalue weighted by Gasteiger charge is -2.14. The number of nitrogens with one attached hydrogen (secondary N) is 4. The molecule has 4 amide bonds. The lowest BCUT2D eigenvalue weighted by molar-refractivity contribution is -0.131. The normalized spacial score (nSPS) is 12.7. The Balaban J connectivity index is 0.000000219. The predicted octanol–water partition coefficient (Wildman–Crippen LogP) is 9.62. The third kappa shape index (κ3) is 15.3. The molecule has 6 heterocycles. The maximum Gasteiger partial charge on any atom is 0.407 e. The first kappa shape index (κ1) is 47.9. The summed E-state index contributed by atoms with van der Waals surface area (Å²) in [5.41, 5.74) is 6.87. The molecule has 0 saturated carbocycles. The van der Waals surface area contributed by atoms with Crippen LogP contribution < -0.4 is 10.6 Å². The number of aromatic amines is 2. The van der Waals surface area contributed by atoms with E-state index < -0.39 is 6.09 Å². The molecule has 2 aromatic carbocycles. The molecule has 0 unspecified atom stereocenters. The number of alkyl carbamates (subject to hydrolysis) is 1. The zero-order valence-corrected chi connectivity index (χ0v) is 37.8. The number of ether oxygens (including phenoxy) is 1. The van der Waals surface area contributed by atoms with Crippen LogP contribution in [0.4, 0.5) is 4.79 Å². The van der Waals surface area contributed by atoms with E-state index in [0.29, 0.717) is 0 Å². The van der Waals surface area contributed by atoms with Crippen molar-refractivity contribution in [1.29, 1.82) is 0 Å². The first-order valence-electron chi connectivity index (χ1n) is 20.9. The van der Waals surface area contributed by atoms with E-state index in [1.165, 1.54) is 57.2 Å². The molecule has 6 aromatic rings. The number of imidazole rings is 2. The van der Waals surface area contributed by atoms with E-state index in [-0.39, 0.29) is 30.8 Å². The van der Waals surface area contributed by atoms with Gasteiger partial charge in [0.05, 0.1) is 50.1 Å². The summed E-state index contributed by atoms with van der Waals surface area (Å²) in [6, 6.07) is 21.9. The van der Waals surface area contributed by atoms with Crippen LogP contribution in [0.5, 0.6) is 0 Å². The van der Waals surface area contributed by atoms with Gasteiger partial charge in [0, 0.05) is 52.3 Å². The van der Waals surface area contributed by atoms with Crippen molar-refractivity contribution >= 4 is 55.9 Å². The standard InChI is InChI=1S/C24H16N4S2.C8H14N2O3.C8H14N2O2.2C3H8/c1-5-17(6-2-15(1)19-11-25-13-27-19)21-9-23-24(29-21)10-22(30-23)18-7-3-16(4-8-18)20-12-26-14-28-20;1-13-8(12)9-6-7(11)10-4-2-3-5-10;1-7(11)9-6-8(12)10-4-2-3-5-10;2*1-3-2/h1-14H,(H,25,27)(H,26,28);2-6H2,1H3,(H,9,12);2-6H2,1H3,(H,9,11);2*3H2,1-2H3. The van der Waals surface area contributed by atoms with E-state index in [2.05, 4.69) is 124 Å². The molecule has 0 spiro atoms. The Kier molecular flexibility index (Phi) is 20.2. The molecule has 2 saturated heterocycles. The highest BCUT2D eigenvalue weighted by Crippen LogP contribution is 2.42. The number of carbonyl (C=O) groups is 4. The molecule has 4 N–H and O–H groups in total. The molecule has 0 radical (unpaired) electrons. The first-order valence-corrected chi connectivity index (χ1v) is 22.6. The molecule has 326 valence electrons. The summed E-state index contributed by atoms with van der Waals surface area (Å²) in [6.07, 6.45) is 13.3. The monoisotopic (exact) mass is 868 g/mol. The number of thiophene rings is 2. The van der Waals surface area contributed by atoms with Crippen LogP contribution in [-0.4, -0.2) is 99.9 Å². The molecule has 2 aliphatic heterocycles. The Morgan fingerprint density at radius 1 is 0.623 bits per heavy atom. The van der Waals surface area contributed by atoms with Crippen LogP contribution in [0.25, 0.3) is 52.8 Å². The van der Waals surface area contributed by atoms with Gasteiger partial charge in [0.2, 0.25) is 17.7 Å². The molecule has 2 fully saturated rings. The number of likely N-dealkylation sites (tertiary alicyclic amines) is 2. The minimum atomic E-state index is -0.562. The summed E-state index contributed by atoms with van der Waals surface area (Å²) in [7, 11) is 1.27. The van der Waals surface area contributed by atoms with Crippen molar-refractivity contribution in [2.45, 2.75) is 73.1 Å². The van der Waals surface area contributed by atoms with Gasteiger partial charge >= 0.3 is 6.09 Å². The molecule has 13 nitrogen and oxygen atoms in total. The summed E-state index contributed by atoms with van der Waals surface area (Å²) in [4.78, 5) is 64.3.